The van der Waals surface area contributed by atoms with Crippen molar-refractivity contribution >= 4 is 49.4 Å². The minimum atomic E-state index is -4.87. The molecule has 0 spiro atoms. The van der Waals surface area contributed by atoms with Gasteiger partial charge in [0.25, 0.3) is 0 Å². The quantitative estimate of drug-likeness (QED) is 0.201. The van der Waals surface area contributed by atoms with Gasteiger partial charge in [-0.3, -0.25) is 4.79 Å². The first-order valence-corrected chi connectivity index (χ1v) is 16.8. The number of nitrogens with one attached hydrogen (secondary N) is 1. The normalized spacial score (nSPS) is 15.7. The summed E-state index contributed by atoms with van der Waals surface area (Å²) < 4.78 is 71.6. The molecule has 1 atom stereocenters. The number of sulfone groups is 1. The van der Waals surface area contributed by atoms with Gasteiger partial charge in [0.05, 0.1) is 28.5 Å². The summed E-state index contributed by atoms with van der Waals surface area (Å²) in [5.41, 5.74) is -0.220. The Balaban J connectivity index is 1.49. The molecule has 0 radical (unpaired) electrons. The molecule has 0 aromatic carbocycles. The van der Waals surface area contributed by atoms with Gasteiger partial charge >= 0.3 is 12.1 Å². The van der Waals surface area contributed by atoms with Gasteiger partial charge < -0.3 is 10.1 Å². The number of thiophene rings is 2. The molecule has 3 aromatic rings. The van der Waals surface area contributed by atoms with Gasteiger partial charge in [-0.15, -0.1) is 22.7 Å². The predicted molar refractivity (Wildman–Crippen MR) is 156 cm³/mol. The van der Waals surface area contributed by atoms with Crippen LogP contribution in [0, 0.1) is 11.3 Å². The topological polar surface area (TPSA) is 115 Å². The van der Waals surface area contributed by atoms with Crippen LogP contribution in [-0.4, -0.2) is 42.6 Å². The third-order valence-electron chi connectivity index (χ3n) is 7.09. The lowest BCUT2D eigenvalue weighted by molar-refractivity contribution is -0.141. The molecule has 228 valence electrons. The summed E-state index contributed by atoms with van der Waals surface area (Å²) in [6, 6.07) is 3.86. The lowest BCUT2D eigenvalue weighted by atomic mass is 9.72. The van der Waals surface area contributed by atoms with Crippen LogP contribution in [-0.2, 0) is 38.4 Å². The zero-order valence-corrected chi connectivity index (χ0v) is 26.1. The minimum absolute atomic E-state index is 0.0779. The Labute approximate surface area is 250 Å². The van der Waals surface area contributed by atoms with Crippen LogP contribution < -0.4 is 5.32 Å². The Bertz CT molecular complexity index is 1560. The van der Waals surface area contributed by atoms with E-state index in [1.807, 2.05) is 0 Å². The van der Waals surface area contributed by atoms with Crippen molar-refractivity contribution in [3.8, 4) is 10.6 Å². The first-order valence-electron chi connectivity index (χ1n) is 13.4. The van der Waals surface area contributed by atoms with Gasteiger partial charge in [0.15, 0.2) is 0 Å². The zero-order chi connectivity index (χ0) is 30.9. The molecule has 14 heteroatoms. The van der Waals surface area contributed by atoms with Crippen LogP contribution in [0.25, 0.3) is 10.6 Å². The first kappa shape index (κ1) is 32.1. The highest BCUT2D eigenvalue weighted by Crippen LogP contribution is 2.44. The fraction of sp³-hybridized carbons (Fsp3) is 0.500. The third-order valence-corrected chi connectivity index (χ3v) is 10.7. The van der Waals surface area contributed by atoms with E-state index in [0.29, 0.717) is 33.8 Å². The van der Waals surface area contributed by atoms with Crippen molar-refractivity contribution in [1.29, 1.82) is 0 Å². The second kappa shape index (κ2) is 12.4. The number of rotatable bonds is 9. The molecule has 4 rings (SSSR count). The Kier molecular flexibility index (Phi) is 9.48. The van der Waals surface area contributed by atoms with Gasteiger partial charge in [-0.25, -0.2) is 23.2 Å². The Morgan fingerprint density at radius 2 is 1.93 bits per heavy atom. The molecule has 0 unspecified atom stereocenters. The smallest absolute Gasteiger partial charge is 0.433 e. The van der Waals surface area contributed by atoms with Gasteiger partial charge in [-0.05, 0) is 67.0 Å². The average Bonchev–Trinajstić information content (AvgIpc) is 3.55. The zero-order valence-electron chi connectivity index (χ0n) is 23.6. The lowest BCUT2D eigenvalue weighted by Gasteiger charge is -2.33. The van der Waals surface area contributed by atoms with Crippen LogP contribution in [0.5, 0.6) is 0 Å². The van der Waals surface area contributed by atoms with Crippen molar-refractivity contribution in [3.05, 3.63) is 45.3 Å². The number of amides is 1. The maximum absolute atomic E-state index is 13.5. The maximum Gasteiger partial charge on any atom is 0.433 e. The Hall–Kier alpha value is -2.84. The molecule has 0 aliphatic heterocycles. The van der Waals surface area contributed by atoms with Gasteiger partial charge in [0.1, 0.15) is 10.7 Å². The van der Waals surface area contributed by atoms with Gasteiger partial charge in [0, 0.05) is 11.3 Å². The minimum Gasteiger partial charge on any atom is -0.462 e. The van der Waals surface area contributed by atoms with Crippen molar-refractivity contribution in [2.75, 3.05) is 17.7 Å². The van der Waals surface area contributed by atoms with Crippen LogP contribution in [0.1, 0.15) is 73.4 Å². The molecule has 1 aliphatic rings. The largest absolute Gasteiger partial charge is 0.462 e. The Morgan fingerprint density at radius 3 is 2.55 bits per heavy atom. The molecule has 3 heterocycles. The average molecular weight is 644 g/mol. The van der Waals surface area contributed by atoms with Crippen LogP contribution in [0.15, 0.2) is 28.7 Å². The van der Waals surface area contributed by atoms with Crippen molar-refractivity contribution in [2.45, 2.75) is 71.1 Å². The molecule has 1 N–H and O–H groups in total. The second-order valence-electron chi connectivity index (χ2n) is 11.1. The van der Waals surface area contributed by atoms with Crippen LogP contribution in [0.3, 0.4) is 0 Å². The lowest BCUT2D eigenvalue weighted by Crippen LogP contribution is -2.26. The number of hydrogen-bond acceptors (Lipinski definition) is 9. The van der Waals surface area contributed by atoms with E-state index in [1.165, 1.54) is 17.4 Å². The number of aromatic nitrogens is 2. The van der Waals surface area contributed by atoms with Gasteiger partial charge in [-0.1, -0.05) is 26.8 Å². The molecular weight excluding hydrogens is 612 g/mol. The number of nitrogens with zero attached hydrogens (tertiary/aromatic N) is 2. The number of hydrogen-bond donors (Lipinski definition) is 1. The number of fused-ring (bicyclic) bond motifs is 1. The van der Waals surface area contributed by atoms with E-state index in [-0.39, 0.29) is 30.6 Å². The number of alkyl halides is 3. The van der Waals surface area contributed by atoms with Crippen LogP contribution >= 0.6 is 22.7 Å². The third kappa shape index (κ3) is 7.38. The molecule has 8 nitrogen and oxygen atoms in total. The molecule has 0 saturated carbocycles. The number of carbonyl (C=O) groups is 2. The molecule has 1 amide bonds. The van der Waals surface area contributed by atoms with Gasteiger partial charge in [0.2, 0.25) is 20.9 Å². The highest BCUT2D eigenvalue weighted by atomic mass is 32.2. The molecule has 1 aliphatic carbocycles. The van der Waals surface area contributed by atoms with E-state index in [2.05, 4.69) is 36.1 Å². The molecule has 42 heavy (non-hydrogen) atoms. The van der Waals surface area contributed by atoms with Crippen molar-refractivity contribution in [2.24, 2.45) is 11.3 Å². The Morgan fingerprint density at radius 1 is 1.19 bits per heavy atom. The standard InChI is InChI=1S/C28H32F3N3O5S3/c1-5-39-25(36)23-17-11-10-16(27(2,3)4)14-20(17)41-24(23)34-22(35)9-7-13-42(37,38)26-32-18(19-8-6-12-40-19)15-21(33-26)28(29,30)31/h6,8,12,15-16H,5,7,9-11,13-14H2,1-4H3,(H,34,35)/t16-/m1/s1. The summed E-state index contributed by atoms with van der Waals surface area (Å²) >= 11 is 2.44. The summed E-state index contributed by atoms with van der Waals surface area (Å²) in [7, 11) is -4.35. The molecule has 0 bridgehead atoms. The number of carbonyl (C=O) groups excluding carboxylic acids is 2. The van der Waals surface area contributed by atoms with E-state index >= 15 is 0 Å². The molecule has 3 aromatic heterocycles. The summed E-state index contributed by atoms with van der Waals surface area (Å²) in [4.78, 5) is 34.3. The maximum atomic E-state index is 13.5. The van der Waals surface area contributed by atoms with Crippen LogP contribution in [0.4, 0.5) is 18.2 Å². The highest BCUT2D eigenvalue weighted by Gasteiger charge is 2.36. The molecule has 0 fully saturated rings. The number of halogens is 3. The first-order chi connectivity index (χ1) is 19.6. The van der Waals surface area contributed by atoms with E-state index in [9.17, 15) is 31.2 Å². The molecular formula is C28H32F3N3O5S3. The van der Waals surface area contributed by atoms with E-state index < -0.39 is 44.5 Å². The van der Waals surface area contributed by atoms with E-state index in [0.717, 1.165) is 34.6 Å². The van der Waals surface area contributed by atoms with Crippen molar-refractivity contribution in [3.63, 3.8) is 0 Å². The molecule has 0 saturated heterocycles. The predicted octanol–water partition coefficient (Wildman–Crippen LogP) is 6.81. The highest BCUT2D eigenvalue weighted by molar-refractivity contribution is 7.91. The van der Waals surface area contributed by atoms with Gasteiger partial charge in [-0.2, -0.15) is 13.2 Å². The number of anilines is 1. The summed E-state index contributed by atoms with van der Waals surface area (Å²) in [5, 5.41) is 3.81. The number of esters is 1. The summed E-state index contributed by atoms with van der Waals surface area (Å²) in [5.74, 6) is -1.27. The summed E-state index contributed by atoms with van der Waals surface area (Å²) in [6.45, 7) is 8.39. The van der Waals surface area contributed by atoms with Crippen LogP contribution in [0.2, 0.25) is 0 Å². The summed E-state index contributed by atoms with van der Waals surface area (Å²) in [6.07, 6.45) is -2.95. The number of ether oxygens (including phenoxy) is 1. The fourth-order valence-electron chi connectivity index (χ4n) is 4.80. The second-order valence-corrected chi connectivity index (χ2v) is 15.2. The van der Waals surface area contributed by atoms with E-state index in [1.54, 1.807) is 18.4 Å². The monoisotopic (exact) mass is 643 g/mol. The van der Waals surface area contributed by atoms with Crippen molar-refractivity contribution in [1.82, 2.24) is 9.97 Å². The van der Waals surface area contributed by atoms with E-state index in [4.69, 9.17) is 4.74 Å². The SMILES string of the molecule is CCOC(=O)c1c(NC(=O)CCCS(=O)(=O)c2nc(-c3cccs3)cc(C(F)(F)F)n2)sc2c1CC[C@@H](C(C)(C)C)C2. The van der Waals surface area contributed by atoms with Crippen molar-refractivity contribution < 1.29 is 35.9 Å². The fourth-order valence-corrected chi connectivity index (χ4v) is 8.00.